The molecular formula is C25H32FN5O3S. The number of hydrogen-bond donors (Lipinski definition) is 3. The van der Waals surface area contributed by atoms with Gasteiger partial charge in [-0.05, 0) is 49.8 Å². The molecule has 3 atom stereocenters. The first-order valence-corrected chi connectivity index (χ1v) is 12.9. The van der Waals surface area contributed by atoms with Crippen molar-refractivity contribution in [2.75, 3.05) is 25.0 Å². The van der Waals surface area contributed by atoms with E-state index >= 15 is 0 Å². The molecule has 3 amide bonds. The van der Waals surface area contributed by atoms with E-state index in [1.54, 1.807) is 19.1 Å². The molecule has 0 bridgehead atoms. The van der Waals surface area contributed by atoms with Crippen molar-refractivity contribution in [1.82, 2.24) is 20.5 Å². The maximum Gasteiger partial charge on any atom is 0.321 e. The summed E-state index contributed by atoms with van der Waals surface area (Å²) in [4.78, 5) is 43.8. The second kappa shape index (κ2) is 11.3. The first kappa shape index (κ1) is 25.2. The van der Waals surface area contributed by atoms with Gasteiger partial charge in [0, 0.05) is 32.1 Å². The topological polar surface area (TPSA) is 103 Å². The molecule has 1 aliphatic carbocycles. The summed E-state index contributed by atoms with van der Waals surface area (Å²) in [5.74, 6) is -0.115. The van der Waals surface area contributed by atoms with E-state index in [9.17, 15) is 18.8 Å². The number of hydrogen-bond acceptors (Lipinski definition) is 6. The fourth-order valence-corrected chi connectivity index (χ4v) is 5.94. The van der Waals surface area contributed by atoms with Crippen molar-refractivity contribution in [2.45, 2.75) is 58.0 Å². The lowest BCUT2D eigenvalue weighted by molar-refractivity contribution is -0.125. The van der Waals surface area contributed by atoms with Gasteiger partial charge in [0.2, 0.25) is 5.91 Å². The zero-order valence-corrected chi connectivity index (χ0v) is 20.9. The molecule has 188 valence electrons. The number of nitrogens with one attached hydrogen (secondary N) is 3. The molecule has 1 aromatic carbocycles. The Bertz CT molecular complexity index is 1070. The number of rotatable bonds is 7. The van der Waals surface area contributed by atoms with Crippen LogP contribution in [0.2, 0.25) is 0 Å². The minimum absolute atomic E-state index is 0.00220. The maximum absolute atomic E-state index is 13.2. The number of carbonyl (C=O) groups excluding carboxylic acids is 3. The maximum atomic E-state index is 13.2. The first-order valence-electron chi connectivity index (χ1n) is 12.1. The molecule has 3 N–H and O–H groups in total. The number of benzene rings is 1. The Labute approximate surface area is 208 Å². The summed E-state index contributed by atoms with van der Waals surface area (Å²) in [5.41, 5.74) is 1.60. The smallest absolute Gasteiger partial charge is 0.321 e. The summed E-state index contributed by atoms with van der Waals surface area (Å²) in [7, 11) is 0. The number of halogens is 1. The third-order valence-corrected chi connectivity index (χ3v) is 7.84. The van der Waals surface area contributed by atoms with Crippen LogP contribution in [0, 0.1) is 18.7 Å². The Morgan fingerprint density at radius 2 is 1.97 bits per heavy atom. The van der Waals surface area contributed by atoms with Crippen LogP contribution in [0.1, 0.15) is 53.5 Å². The van der Waals surface area contributed by atoms with Crippen LogP contribution in [0.15, 0.2) is 24.3 Å². The van der Waals surface area contributed by atoms with Crippen molar-refractivity contribution in [3.8, 4) is 0 Å². The summed E-state index contributed by atoms with van der Waals surface area (Å²) in [6, 6.07) is 6.02. The fourth-order valence-electron chi connectivity index (χ4n) is 5.08. The van der Waals surface area contributed by atoms with E-state index in [1.165, 1.54) is 30.4 Å². The molecular weight excluding hydrogens is 469 g/mol. The molecule has 2 aliphatic rings. The van der Waals surface area contributed by atoms with E-state index in [0.717, 1.165) is 37.8 Å². The summed E-state index contributed by atoms with van der Waals surface area (Å²) < 4.78 is 13.2. The third-order valence-electron chi connectivity index (χ3n) is 6.66. The van der Waals surface area contributed by atoms with Crippen LogP contribution >= 0.6 is 11.3 Å². The van der Waals surface area contributed by atoms with Gasteiger partial charge in [0.05, 0.1) is 17.1 Å². The molecule has 2 fully saturated rings. The van der Waals surface area contributed by atoms with Gasteiger partial charge >= 0.3 is 6.03 Å². The largest absolute Gasteiger partial charge is 0.351 e. The van der Waals surface area contributed by atoms with Gasteiger partial charge in [-0.2, -0.15) is 0 Å². The zero-order valence-electron chi connectivity index (χ0n) is 20.1. The highest BCUT2D eigenvalue weighted by Crippen LogP contribution is 2.27. The lowest BCUT2D eigenvalue weighted by Crippen LogP contribution is -2.57. The molecule has 10 heteroatoms. The minimum Gasteiger partial charge on any atom is -0.351 e. The lowest BCUT2D eigenvalue weighted by atomic mass is 9.84. The molecule has 2 heterocycles. The zero-order chi connectivity index (χ0) is 24.9. The highest BCUT2D eigenvalue weighted by Gasteiger charge is 2.32. The number of piperazine rings is 1. The number of ketones is 1. The molecule has 0 radical (unpaired) electrons. The number of Topliss-reactive ketones (excluding diaryl/α,β-unsaturated/α-hetero) is 1. The number of nitrogens with zero attached hydrogens (tertiary/aromatic N) is 2. The number of thiazole rings is 1. The van der Waals surface area contributed by atoms with Crippen LogP contribution in [-0.4, -0.2) is 59.3 Å². The SMILES string of the molecule is CC(=O)c1sc(NC(=O)NC2CCCCC2CN2CC(=O)NC(Cc3ccc(F)cc3)C2)nc1C. The Morgan fingerprint density at radius 3 is 2.69 bits per heavy atom. The molecule has 3 unspecified atom stereocenters. The Kier molecular flexibility index (Phi) is 8.12. The van der Waals surface area contributed by atoms with Crippen molar-refractivity contribution < 1.29 is 18.8 Å². The first-order chi connectivity index (χ1) is 16.8. The van der Waals surface area contributed by atoms with E-state index in [0.29, 0.717) is 35.2 Å². The van der Waals surface area contributed by atoms with Crippen LogP contribution in [0.5, 0.6) is 0 Å². The second-order valence-corrected chi connectivity index (χ2v) is 10.5. The number of amides is 3. The normalized spacial score (nSPS) is 22.9. The molecule has 8 nitrogen and oxygen atoms in total. The molecule has 35 heavy (non-hydrogen) atoms. The Balaban J connectivity index is 1.34. The quantitative estimate of drug-likeness (QED) is 0.504. The van der Waals surface area contributed by atoms with E-state index in [-0.39, 0.29) is 41.5 Å². The highest BCUT2D eigenvalue weighted by atomic mass is 32.1. The number of aryl methyl sites for hydroxylation is 1. The predicted octanol–water partition coefficient (Wildman–Crippen LogP) is 3.52. The average Bonchev–Trinajstić information content (AvgIpc) is 3.16. The van der Waals surface area contributed by atoms with Gasteiger partial charge in [0.25, 0.3) is 0 Å². The fraction of sp³-hybridized carbons (Fsp3) is 0.520. The number of aromatic nitrogens is 1. The third kappa shape index (κ3) is 6.85. The molecule has 0 spiro atoms. The van der Waals surface area contributed by atoms with Gasteiger partial charge in [0.15, 0.2) is 10.9 Å². The van der Waals surface area contributed by atoms with E-state index < -0.39 is 0 Å². The second-order valence-electron chi connectivity index (χ2n) is 9.53. The Hall–Kier alpha value is -2.85. The van der Waals surface area contributed by atoms with Crippen LogP contribution in [0.4, 0.5) is 14.3 Å². The molecule has 4 rings (SSSR count). The van der Waals surface area contributed by atoms with Crippen molar-refractivity contribution in [3.05, 3.63) is 46.2 Å². The number of urea groups is 1. The van der Waals surface area contributed by atoms with Gasteiger partial charge in [-0.25, -0.2) is 14.2 Å². The van der Waals surface area contributed by atoms with Crippen LogP contribution in [-0.2, 0) is 11.2 Å². The number of anilines is 1. The summed E-state index contributed by atoms with van der Waals surface area (Å²) in [6.45, 7) is 5.02. The minimum atomic E-state index is -0.323. The van der Waals surface area contributed by atoms with Crippen molar-refractivity contribution in [3.63, 3.8) is 0 Å². The van der Waals surface area contributed by atoms with E-state index in [4.69, 9.17) is 0 Å². The molecule has 1 aromatic heterocycles. The van der Waals surface area contributed by atoms with E-state index in [2.05, 4.69) is 25.8 Å². The Morgan fingerprint density at radius 1 is 1.23 bits per heavy atom. The van der Waals surface area contributed by atoms with Gasteiger partial charge in [0.1, 0.15) is 5.82 Å². The molecule has 2 aromatic rings. The van der Waals surface area contributed by atoms with Gasteiger partial charge in [-0.15, -0.1) is 0 Å². The summed E-state index contributed by atoms with van der Waals surface area (Å²) in [6.07, 6.45) is 4.65. The predicted molar refractivity (Wildman–Crippen MR) is 133 cm³/mol. The number of carbonyl (C=O) groups is 3. The van der Waals surface area contributed by atoms with Crippen molar-refractivity contribution >= 4 is 34.2 Å². The molecule has 1 saturated carbocycles. The van der Waals surface area contributed by atoms with Gasteiger partial charge < -0.3 is 10.6 Å². The van der Waals surface area contributed by atoms with Crippen molar-refractivity contribution in [2.24, 2.45) is 5.92 Å². The average molecular weight is 502 g/mol. The van der Waals surface area contributed by atoms with Gasteiger partial charge in [-0.1, -0.05) is 36.3 Å². The van der Waals surface area contributed by atoms with Crippen LogP contribution in [0.25, 0.3) is 0 Å². The van der Waals surface area contributed by atoms with E-state index in [1.807, 2.05) is 0 Å². The van der Waals surface area contributed by atoms with Crippen LogP contribution in [0.3, 0.4) is 0 Å². The highest BCUT2D eigenvalue weighted by molar-refractivity contribution is 7.17. The van der Waals surface area contributed by atoms with Gasteiger partial charge in [-0.3, -0.25) is 19.8 Å². The standard InChI is InChI=1S/C25H32FN5O3S/c1-15-23(16(2)32)35-25(27-15)30-24(34)29-21-6-4-3-5-18(21)12-31-13-20(28-22(33)14-31)11-17-7-9-19(26)10-8-17/h7-10,18,20-21H,3-6,11-14H2,1-2H3,(H,28,33)(H2,27,29,30,34). The molecule has 1 aliphatic heterocycles. The monoisotopic (exact) mass is 501 g/mol. The molecule has 1 saturated heterocycles. The van der Waals surface area contributed by atoms with Crippen molar-refractivity contribution in [1.29, 1.82) is 0 Å². The summed E-state index contributed by atoms with van der Waals surface area (Å²) >= 11 is 1.18. The lowest BCUT2D eigenvalue weighted by Gasteiger charge is -2.39. The summed E-state index contributed by atoms with van der Waals surface area (Å²) in [5, 5.41) is 9.34. The van der Waals surface area contributed by atoms with Crippen LogP contribution < -0.4 is 16.0 Å².